The van der Waals surface area contributed by atoms with Gasteiger partial charge < -0.3 is 5.73 Å². The van der Waals surface area contributed by atoms with E-state index >= 15 is 0 Å². The van der Waals surface area contributed by atoms with Gasteiger partial charge in [-0.1, -0.05) is 6.07 Å². The van der Waals surface area contributed by atoms with Crippen molar-refractivity contribution >= 4 is 21.6 Å². The predicted octanol–water partition coefficient (Wildman–Crippen LogP) is 3.41. The lowest BCUT2D eigenvalue weighted by Crippen LogP contribution is -2.27. The smallest absolute Gasteiger partial charge is 0.0461 e. The second kappa shape index (κ2) is 4.62. The van der Waals surface area contributed by atoms with E-state index in [9.17, 15) is 0 Å². The van der Waals surface area contributed by atoms with Crippen LogP contribution in [0.3, 0.4) is 0 Å². The fourth-order valence-electron chi connectivity index (χ4n) is 2.34. The minimum atomic E-state index is 0.848. The lowest BCUT2D eigenvalue weighted by atomic mass is 10.2. The Hall–Kier alpha value is -0.540. The molecule has 1 aromatic carbocycles. The van der Waals surface area contributed by atoms with Crippen LogP contribution in [0.15, 0.2) is 22.7 Å². The molecule has 0 radical (unpaired) electrons. The highest BCUT2D eigenvalue weighted by Gasteiger charge is 2.33. The van der Waals surface area contributed by atoms with Crippen LogP contribution in [0, 0.1) is 5.92 Å². The number of anilines is 1. The molecule has 2 saturated carbocycles. The van der Waals surface area contributed by atoms with E-state index in [1.54, 1.807) is 0 Å². The van der Waals surface area contributed by atoms with Crippen molar-refractivity contribution in [2.24, 2.45) is 5.92 Å². The Bertz CT molecular complexity index is 411. The Balaban J connectivity index is 1.67. The molecule has 0 aliphatic heterocycles. The molecule has 3 rings (SSSR count). The quantitative estimate of drug-likeness (QED) is 0.844. The summed E-state index contributed by atoms with van der Waals surface area (Å²) in [7, 11) is 0. The van der Waals surface area contributed by atoms with Gasteiger partial charge in [0, 0.05) is 29.3 Å². The first-order valence-corrected chi connectivity index (χ1v) is 7.29. The van der Waals surface area contributed by atoms with Crippen molar-refractivity contribution in [3.63, 3.8) is 0 Å². The summed E-state index contributed by atoms with van der Waals surface area (Å²) in [6, 6.07) is 7.20. The molecule has 2 nitrogen and oxygen atoms in total. The van der Waals surface area contributed by atoms with Crippen molar-refractivity contribution in [3.05, 3.63) is 28.2 Å². The first kappa shape index (κ1) is 11.5. The van der Waals surface area contributed by atoms with Crippen molar-refractivity contribution < 1.29 is 0 Å². The van der Waals surface area contributed by atoms with Crippen molar-refractivity contribution in [2.75, 3.05) is 12.3 Å². The van der Waals surface area contributed by atoms with Crippen LogP contribution in [-0.4, -0.2) is 17.5 Å². The van der Waals surface area contributed by atoms with E-state index < -0.39 is 0 Å². The van der Waals surface area contributed by atoms with Gasteiger partial charge in [0.2, 0.25) is 0 Å². The normalized spacial score (nSPS) is 19.9. The standard InChI is InChI=1S/C14H19BrN2/c15-13-6-3-11(7-14(13)16)9-17(12-4-5-12)8-10-1-2-10/h3,6-7,10,12H,1-2,4-5,8-9,16H2. The first-order valence-electron chi connectivity index (χ1n) is 6.50. The van der Waals surface area contributed by atoms with Crippen molar-refractivity contribution in [2.45, 2.75) is 38.3 Å². The molecular weight excluding hydrogens is 276 g/mol. The molecule has 3 heteroatoms. The molecule has 2 N–H and O–H groups in total. The van der Waals surface area contributed by atoms with Gasteiger partial charge in [-0.15, -0.1) is 0 Å². The zero-order valence-electron chi connectivity index (χ0n) is 10.0. The Kier molecular flexibility index (Phi) is 3.14. The largest absolute Gasteiger partial charge is 0.398 e. The molecule has 92 valence electrons. The van der Waals surface area contributed by atoms with Crippen molar-refractivity contribution in [3.8, 4) is 0 Å². The number of rotatable bonds is 5. The molecule has 0 heterocycles. The zero-order valence-corrected chi connectivity index (χ0v) is 11.6. The third-order valence-corrected chi connectivity index (χ3v) is 4.42. The molecule has 0 unspecified atom stereocenters. The van der Waals surface area contributed by atoms with E-state index in [1.165, 1.54) is 37.8 Å². The Morgan fingerprint density at radius 2 is 2.00 bits per heavy atom. The zero-order chi connectivity index (χ0) is 11.8. The van der Waals surface area contributed by atoms with Gasteiger partial charge in [-0.3, -0.25) is 4.90 Å². The van der Waals surface area contributed by atoms with E-state index in [0.717, 1.165) is 28.7 Å². The molecule has 17 heavy (non-hydrogen) atoms. The van der Waals surface area contributed by atoms with Crippen molar-refractivity contribution in [1.29, 1.82) is 0 Å². The highest BCUT2D eigenvalue weighted by Crippen LogP contribution is 2.35. The predicted molar refractivity (Wildman–Crippen MR) is 74.7 cm³/mol. The Morgan fingerprint density at radius 3 is 2.59 bits per heavy atom. The van der Waals surface area contributed by atoms with Gasteiger partial charge in [-0.05, 0) is 65.2 Å². The van der Waals surface area contributed by atoms with Gasteiger partial charge in [0.05, 0.1) is 0 Å². The Morgan fingerprint density at radius 1 is 1.24 bits per heavy atom. The maximum absolute atomic E-state index is 5.94. The molecule has 1 aromatic rings. The molecule has 0 saturated heterocycles. The van der Waals surface area contributed by atoms with E-state index in [1.807, 2.05) is 0 Å². The number of nitrogens with two attached hydrogens (primary N) is 1. The minimum absolute atomic E-state index is 0.848. The minimum Gasteiger partial charge on any atom is -0.398 e. The molecule has 0 bridgehead atoms. The fourth-order valence-corrected chi connectivity index (χ4v) is 2.59. The summed E-state index contributed by atoms with van der Waals surface area (Å²) < 4.78 is 1.00. The lowest BCUT2D eigenvalue weighted by Gasteiger charge is -2.22. The van der Waals surface area contributed by atoms with E-state index in [2.05, 4.69) is 39.0 Å². The summed E-state index contributed by atoms with van der Waals surface area (Å²) in [5.41, 5.74) is 8.13. The molecular formula is C14H19BrN2. The second-order valence-electron chi connectivity index (χ2n) is 5.46. The summed E-state index contributed by atoms with van der Waals surface area (Å²) in [6.45, 7) is 2.36. The monoisotopic (exact) mass is 294 g/mol. The second-order valence-corrected chi connectivity index (χ2v) is 6.31. The molecule has 2 fully saturated rings. The number of hydrogen-bond donors (Lipinski definition) is 1. The number of benzene rings is 1. The summed E-state index contributed by atoms with van der Waals surface area (Å²) in [5, 5.41) is 0. The SMILES string of the molecule is Nc1cc(CN(CC2CC2)C2CC2)ccc1Br. The van der Waals surface area contributed by atoms with E-state index in [0.29, 0.717) is 0 Å². The van der Waals surface area contributed by atoms with Gasteiger partial charge >= 0.3 is 0 Å². The number of nitrogen functional groups attached to an aromatic ring is 1. The van der Waals surface area contributed by atoms with Crippen LogP contribution in [0.25, 0.3) is 0 Å². The van der Waals surface area contributed by atoms with Crippen LogP contribution >= 0.6 is 15.9 Å². The topological polar surface area (TPSA) is 29.3 Å². The lowest BCUT2D eigenvalue weighted by molar-refractivity contribution is 0.244. The summed E-state index contributed by atoms with van der Waals surface area (Å²) in [4.78, 5) is 2.65. The molecule has 0 amide bonds. The summed E-state index contributed by atoms with van der Waals surface area (Å²) in [6.07, 6.45) is 5.65. The van der Waals surface area contributed by atoms with E-state index in [4.69, 9.17) is 5.73 Å². The van der Waals surface area contributed by atoms with Crippen LogP contribution in [0.1, 0.15) is 31.2 Å². The van der Waals surface area contributed by atoms with Crippen LogP contribution in [0.4, 0.5) is 5.69 Å². The first-order chi connectivity index (χ1) is 8.22. The number of halogens is 1. The molecule has 2 aliphatic carbocycles. The maximum atomic E-state index is 5.94. The molecule has 0 atom stereocenters. The maximum Gasteiger partial charge on any atom is 0.0461 e. The van der Waals surface area contributed by atoms with Crippen LogP contribution in [-0.2, 0) is 6.54 Å². The molecule has 0 spiro atoms. The van der Waals surface area contributed by atoms with Gasteiger partial charge in [0.15, 0.2) is 0 Å². The van der Waals surface area contributed by atoms with E-state index in [-0.39, 0.29) is 0 Å². The van der Waals surface area contributed by atoms with Gasteiger partial charge in [-0.2, -0.15) is 0 Å². The Labute approximate surface area is 111 Å². The van der Waals surface area contributed by atoms with Crippen molar-refractivity contribution in [1.82, 2.24) is 4.90 Å². The summed E-state index contributed by atoms with van der Waals surface area (Å²) >= 11 is 3.45. The van der Waals surface area contributed by atoms with Gasteiger partial charge in [0.25, 0.3) is 0 Å². The van der Waals surface area contributed by atoms with Crippen LogP contribution in [0.2, 0.25) is 0 Å². The highest BCUT2D eigenvalue weighted by molar-refractivity contribution is 9.10. The highest BCUT2D eigenvalue weighted by atomic mass is 79.9. The van der Waals surface area contributed by atoms with Crippen LogP contribution < -0.4 is 5.73 Å². The average Bonchev–Trinajstić information content (AvgIpc) is 3.15. The number of nitrogens with zero attached hydrogens (tertiary/aromatic N) is 1. The fraction of sp³-hybridized carbons (Fsp3) is 0.571. The van der Waals surface area contributed by atoms with Gasteiger partial charge in [-0.25, -0.2) is 0 Å². The van der Waals surface area contributed by atoms with Crippen LogP contribution in [0.5, 0.6) is 0 Å². The number of hydrogen-bond acceptors (Lipinski definition) is 2. The summed E-state index contributed by atoms with van der Waals surface area (Å²) in [5.74, 6) is 0.975. The molecule has 2 aliphatic rings. The van der Waals surface area contributed by atoms with Gasteiger partial charge in [0.1, 0.15) is 0 Å². The molecule has 0 aromatic heterocycles. The average molecular weight is 295 g/mol. The third kappa shape index (κ3) is 3.02. The third-order valence-electron chi connectivity index (χ3n) is 3.70.